The SMILES string of the molecule is CCc1ccc(CC2(CN)CCC(CC)C2)s1. The summed E-state index contributed by atoms with van der Waals surface area (Å²) in [5.74, 6) is 0.921. The van der Waals surface area contributed by atoms with Crippen molar-refractivity contribution in [3.63, 3.8) is 0 Å². The molecule has 1 nitrogen and oxygen atoms in total. The molecular weight excluding hydrogens is 226 g/mol. The molecule has 0 bridgehead atoms. The van der Waals surface area contributed by atoms with Crippen molar-refractivity contribution in [1.29, 1.82) is 0 Å². The molecule has 2 heteroatoms. The predicted molar refractivity (Wildman–Crippen MR) is 76.5 cm³/mol. The summed E-state index contributed by atoms with van der Waals surface area (Å²) in [6, 6.07) is 4.61. The van der Waals surface area contributed by atoms with Crippen molar-refractivity contribution >= 4 is 11.3 Å². The third-order valence-corrected chi connectivity index (χ3v) is 5.66. The van der Waals surface area contributed by atoms with Crippen LogP contribution in [0.2, 0.25) is 0 Å². The quantitative estimate of drug-likeness (QED) is 0.841. The Morgan fingerprint density at radius 1 is 1.35 bits per heavy atom. The van der Waals surface area contributed by atoms with E-state index in [9.17, 15) is 0 Å². The van der Waals surface area contributed by atoms with Crippen LogP contribution < -0.4 is 5.73 Å². The first-order valence-corrected chi connectivity index (χ1v) is 7.80. The van der Waals surface area contributed by atoms with Gasteiger partial charge in [0.15, 0.2) is 0 Å². The maximum atomic E-state index is 6.08. The summed E-state index contributed by atoms with van der Waals surface area (Å²) < 4.78 is 0. The van der Waals surface area contributed by atoms with Gasteiger partial charge in [-0.15, -0.1) is 11.3 Å². The molecule has 1 aromatic heterocycles. The normalized spacial score (nSPS) is 28.8. The van der Waals surface area contributed by atoms with Crippen LogP contribution in [0, 0.1) is 11.3 Å². The Bertz CT molecular complexity index is 358. The van der Waals surface area contributed by atoms with Gasteiger partial charge in [0.25, 0.3) is 0 Å². The van der Waals surface area contributed by atoms with E-state index in [1.807, 2.05) is 11.3 Å². The highest BCUT2D eigenvalue weighted by Gasteiger charge is 2.37. The Balaban J connectivity index is 2.04. The molecule has 0 radical (unpaired) electrons. The fourth-order valence-electron chi connectivity index (χ4n) is 3.17. The topological polar surface area (TPSA) is 26.0 Å². The van der Waals surface area contributed by atoms with E-state index in [2.05, 4.69) is 26.0 Å². The van der Waals surface area contributed by atoms with E-state index >= 15 is 0 Å². The number of thiophene rings is 1. The zero-order valence-electron chi connectivity index (χ0n) is 11.2. The largest absolute Gasteiger partial charge is 0.330 e. The van der Waals surface area contributed by atoms with E-state index < -0.39 is 0 Å². The molecule has 1 fully saturated rings. The van der Waals surface area contributed by atoms with Crippen molar-refractivity contribution in [3.8, 4) is 0 Å². The Labute approximate surface area is 109 Å². The first kappa shape index (κ1) is 13.1. The maximum absolute atomic E-state index is 6.08. The number of hydrogen-bond acceptors (Lipinski definition) is 2. The van der Waals surface area contributed by atoms with E-state index in [1.54, 1.807) is 4.88 Å². The fraction of sp³-hybridized carbons (Fsp3) is 0.733. The smallest absolute Gasteiger partial charge is 0.00541 e. The molecule has 1 saturated carbocycles. The van der Waals surface area contributed by atoms with Crippen LogP contribution in [0.1, 0.15) is 49.3 Å². The van der Waals surface area contributed by atoms with Crippen molar-refractivity contribution in [3.05, 3.63) is 21.9 Å². The summed E-state index contributed by atoms with van der Waals surface area (Å²) in [6.07, 6.45) is 7.77. The summed E-state index contributed by atoms with van der Waals surface area (Å²) in [6.45, 7) is 5.41. The predicted octanol–water partition coefficient (Wildman–Crippen LogP) is 4.01. The minimum Gasteiger partial charge on any atom is -0.330 e. The minimum absolute atomic E-state index is 0.413. The van der Waals surface area contributed by atoms with Crippen molar-refractivity contribution in [2.75, 3.05) is 6.54 Å². The lowest BCUT2D eigenvalue weighted by atomic mass is 9.81. The Morgan fingerprint density at radius 3 is 2.65 bits per heavy atom. The summed E-state index contributed by atoms with van der Waals surface area (Å²) in [5, 5.41) is 0. The van der Waals surface area contributed by atoms with Crippen LogP contribution in [0.3, 0.4) is 0 Å². The molecule has 1 aliphatic rings. The highest BCUT2D eigenvalue weighted by atomic mass is 32.1. The van der Waals surface area contributed by atoms with E-state index in [0.29, 0.717) is 5.41 Å². The van der Waals surface area contributed by atoms with Gasteiger partial charge in [0.2, 0.25) is 0 Å². The van der Waals surface area contributed by atoms with Gasteiger partial charge in [-0.3, -0.25) is 0 Å². The molecule has 1 aromatic rings. The van der Waals surface area contributed by atoms with E-state index in [0.717, 1.165) is 18.9 Å². The molecule has 2 atom stereocenters. The maximum Gasteiger partial charge on any atom is 0.00541 e. The average Bonchev–Trinajstić information content (AvgIpc) is 2.97. The van der Waals surface area contributed by atoms with E-state index in [-0.39, 0.29) is 0 Å². The molecule has 2 N–H and O–H groups in total. The molecule has 17 heavy (non-hydrogen) atoms. The van der Waals surface area contributed by atoms with Crippen molar-refractivity contribution in [2.45, 2.75) is 52.4 Å². The second kappa shape index (κ2) is 5.53. The van der Waals surface area contributed by atoms with Gasteiger partial charge in [-0.1, -0.05) is 20.3 Å². The molecular formula is C15H25NS. The van der Waals surface area contributed by atoms with Crippen molar-refractivity contribution < 1.29 is 0 Å². The molecule has 1 aliphatic carbocycles. The summed E-state index contributed by atoms with van der Waals surface area (Å²) in [4.78, 5) is 3.06. The van der Waals surface area contributed by atoms with Gasteiger partial charge in [0, 0.05) is 9.75 Å². The molecule has 96 valence electrons. The molecule has 0 saturated heterocycles. The molecule has 1 heterocycles. The van der Waals surface area contributed by atoms with Crippen molar-refractivity contribution in [2.24, 2.45) is 17.1 Å². The first-order valence-electron chi connectivity index (χ1n) is 6.99. The van der Waals surface area contributed by atoms with Gasteiger partial charge < -0.3 is 5.73 Å². The lowest BCUT2D eigenvalue weighted by Crippen LogP contribution is -2.30. The number of rotatable bonds is 5. The number of aryl methyl sites for hydroxylation is 1. The molecule has 2 rings (SSSR count). The fourth-order valence-corrected chi connectivity index (χ4v) is 4.30. The lowest BCUT2D eigenvalue weighted by molar-refractivity contribution is 0.293. The van der Waals surface area contributed by atoms with Crippen LogP contribution >= 0.6 is 11.3 Å². The van der Waals surface area contributed by atoms with Crippen LogP contribution in [0.15, 0.2) is 12.1 Å². The van der Waals surface area contributed by atoms with Gasteiger partial charge in [-0.25, -0.2) is 0 Å². The first-order chi connectivity index (χ1) is 8.21. The highest BCUT2D eigenvalue weighted by molar-refractivity contribution is 7.11. The summed E-state index contributed by atoms with van der Waals surface area (Å²) >= 11 is 1.99. The zero-order valence-corrected chi connectivity index (χ0v) is 12.0. The molecule has 0 aromatic carbocycles. The standard InChI is InChI=1S/C15H25NS/c1-3-12-7-8-15(9-12,11-16)10-14-6-5-13(4-2)17-14/h5-6,12H,3-4,7-11,16H2,1-2H3. The van der Waals surface area contributed by atoms with Gasteiger partial charge in [-0.2, -0.15) is 0 Å². The minimum atomic E-state index is 0.413. The van der Waals surface area contributed by atoms with Gasteiger partial charge in [0.1, 0.15) is 0 Å². The summed E-state index contributed by atoms with van der Waals surface area (Å²) in [5.41, 5.74) is 6.49. The Morgan fingerprint density at radius 2 is 2.12 bits per heavy atom. The highest BCUT2D eigenvalue weighted by Crippen LogP contribution is 2.45. The van der Waals surface area contributed by atoms with Crippen LogP contribution in [0.4, 0.5) is 0 Å². The molecule has 0 aliphatic heterocycles. The average molecular weight is 251 g/mol. The third-order valence-electron chi connectivity index (χ3n) is 4.43. The summed E-state index contributed by atoms with van der Waals surface area (Å²) in [7, 11) is 0. The Hall–Kier alpha value is -0.340. The molecule has 2 unspecified atom stereocenters. The zero-order chi connectivity index (χ0) is 12.3. The number of nitrogens with two attached hydrogens (primary N) is 1. The van der Waals surface area contributed by atoms with Crippen LogP contribution in [0.25, 0.3) is 0 Å². The van der Waals surface area contributed by atoms with Crippen LogP contribution in [-0.2, 0) is 12.8 Å². The molecule has 0 spiro atoms. The van der Waals surface area contributed by atoms with Gasteiger partial charge >= 0.3 is 0 Å². The van der Waals surface area contributed by atoms with Gasteiger partial charge in [-0.05, 0) is 62.1 Å². The number of hydrogen-bond donors (Lipinski definition) is 1. The Kier molecular flexibility index (Phi) is 4.26. The van der Waals surface area contributed by atoms with Crippen LogP contribution in [-0.4, -0.2) is 6.54 Å². The van der Waals surface area contributed by atoms with Crippen LogP contribution in [0.5, 0.6) is 0 Å². The van der Waals surface area contributed by atoms with E-state index in [1.165, 1.54) is 37.0 Å². The lowest BCUT2D eigenvalue weighted by Gasteiger charge is -2.27. The van der Waals surface area contributed by atoms with Gasteiger partial charge in [0.05, 0.1) is 0 Å². The monoisotopic (exact) mass is 251 g/mol. The van der Waals surface area contributed by atoms with E-state index in [4.69, 9.17) is 5.73 Å². The van der Waals surface area contributed by atoms with Crippen molar-refractivity contribution in [1.82, 2.24) is 0 Å². The second-order valence-corrected chi connectivity index (χ2v) is 6.87. The third kappa shape index (κ3) is 2.92. The second-order valence-electron chi connectivity index (χ2n) is 5.62. The molecule has 0 amide bonds.